The molecule has 0 saturated heterocycles. The van der Waals surface area contributed by atoms with Gasteiger partial charge in [0.2, 0.25) is 0 Å². The van der Waals surface area contributed by atoms with Crippen molar-refractivity contribution in [2.45, 2.75) is 13.2 Å². The van der Waals surface area contributed by atoms with Crippen molar-refractivity contribution in [3.8, 4) is 0 Å². The van der Waals surface area contributed by atoms with E-state index in [1.54, 1.807) is 24.3 Å². The van der Waals surface area contributed by atoms with Gasteiger partial charge in [-0.2, -0.15) is 0 Å². The normalized spacial score (nSPS) is 10.9. The lowest BCUT2D eigenvalue weighted by atomic mass is 10.0. The molecule has 4 nitrogen and oxygen atoms in total. The second-order valence-corrected chi connectivity index (χ2v) is 7.52. The summed E-state index contributed by atoms with van der Waals surface area (Å²) in [5, 5.41) is 0. The number of carbonyl (C=O) groups excluding carboxylic acids is 2. The monoisotopic (exact) mass is 468 g/mol. The summed E-state index contributed by atoms with van der Waals surface area (Å²) in [6.07, 6.45) is 9.39. The van der Waals surface area contributed by atoms with Crippen LogP contribution in [0.1, 0.15) is 33.4 Å². The lowest BCUT2D eigenvalue weighted by Gasteiger charge is -2.06. The molecule has 0 radical (unpaired) electrons. The molecule has 0 amide bonds. The first kappa shape index (κ1) is 25.1. The molecule has 35 heavy (non-hydrogen) atoms. The third kappa shape index (κ3) is 7.79. The van der Waals surface area contributed by atoms with Crippen LogP contribution in [0.15, 0.2) is 92.0 Å². The molecule has 5 heteroatoms. The Morgan fingerprint density at radius 1 is 0.714 bits per heavy atom. The molecule has 0 N–H and O–H groups in total. The zero-order valence-electron chi connectivity index (χ0n) is 19.2. The summed E-state index contributed by atoms with van der Waals surface area (Å²) < 4.78 is 24.9. The minimum Gasteiger partial charge on any atom is -0.458 e. The fourth-order valence-electron chi connectivity index (χ4n) is 3.19. The lowest BCUT2D eigenvalue weighted by molar-refractivity contribution is -0.139. The van der Waals surface area contributed by atoms with Crippen molar-refractivity contribution in [1.29, 1.82) is 0 Å². The first-order valence-electron chi connectivity index (χ1n) is 10.9. The van der Waals surface area contributed by atoms with Crippen LogP contribution in [-0.2, 0) is 32.3 Å². The summed E-state index contributed by atoms with van der Waals surface area (Å²) in [5.41, 5.74) is 4.52. The Kier molecular flexibility index (Phi) is 9.08. The zero-order chi connectivity index (χ0) is 25.0. The molecular weight excluding hydrogens is 443 g/mol. The molecule has 0 unspecified atom stereocenters. The molecule has 0 bridgehead atoms. The fourth-order valence-corrected chi connectivity index (χ4v) is 3.19. The molecule has 0 aliphatic carbocycles. The molecule has 0 aliphatic rings. The summed E-state index contributed by atoms with van der Waals surface area (Å²) in [6.45, 7) is 7.03. The number of hydrogen-bond acceptors (Lipinski definition) is 4. The van der Waals surface area contributed by atoms with Gasteiger partial charge in [0.25, 0.3) is 0 Å². The van der Waals surface area contributed by atoms with Crippen molar-refractivity contribution < 1.29 is 23.5 Å². The van der Waals surface area contributed by atoms with E-state index in [1.807, 2.05) is 60.7 Å². The molecule has 176 valence electrons. The average Bonchev–Trinajstić information content (AvgIpc) is 2.89. The third-order valence-corrected chi connectivity index (χ3v) is 5.03. The van der Waals surface area contributed by atoms with Crippen LogP contribution in [0.5, 0.6) is 0 Å². The van der Waals surface area contributed by atoms with Crippen LogP contribution in [0.25, 0.3) is 24.3 Å². The predicted molar refractivity (Wildman–Crippen MR) is 137 cm³/mol. The van der Waals surface area contributed by atoms with Crippen LogP contribution in [0, 0.1) is 5.82 Å². The second-order valence-electron chi connectivity index (χ2n) is 7.52. The van der Waals surface area contributed by atoms with Gasteiger partial charge in [-0.15, -0.1) is 0 Å². The molecule has 0 heterocycles. The van der Waals surface area contributed by atoms with Crippen LogP contribution in [0.3, 0.4) is 0 Å². The Bertz CT molecular complexity index is 1290. The van der Waals surface area contributed by atoms with Gasteiger partial charge < -0.3 is 9.47 Å². The van der Waals surface area contributed by atoms with E-state index in [9.17, 15) is 14.0 Å². The summed E-state index contributed by atoms with van der Waals surface area (Å²) in [7, 11) is 0. The molecule has 0 saturated carbocycles. The Morgan fingerprint density at radius 2 is 1.37 bits per heavy atom. The maximum Gasteiger partial charge on any atom is 0.330 e. The predicted octanol–water partition coefficient (Wildman–Crippen LogP) is 6.62. The Labute approximate surface area is 204 Å². The summed E-state index contributed by atoms with van der Waals surface area (Å²) in [6, 6.07) is 19.9. The highest BCUT2D eigenvalue weighted by Crippen LogP contribution is 2.19. The standard InChI is InChI=1S/C30H25FO4/c1-3-29(32)34-20-24-9-7-8-22(18-24)13-16-26-17-14-23(19-28(26)31)12-15-25-10-5-6-11-27(25)21-35-30(33)4-2/h3-19H,1-2,20-21H2/b15-12+,16-13+. The summed E-state index contributed by atoms with van der Waals surface area (Å²) in [4.78, 5) is 22.6. The van der Waals surface area contributed by atoms with Crippen molar-refractivity contribution >= 4 is 36.2 Å². The van der Waals surface area contributed by atoms with Crippen LogP contribution in [-0.4, -0.2) is 11.9 Å². The first-order valence-corrected chi connectivity index (χ1v) is 10.9. The van der Waals surface area contributed by atoms with E-state index >= 15 is 0 Å². The number of esters is 2. The van der Waals surface area contributed by atoms with Gasteiger partial charge in [0.1, 0.15) is 19.0 Å². The Balaban J connectivity index is 1.69. The van der Waals surface area contributed by atoms with Crippen LogP contribution in [0.4, 0.5) is 4.39 Å². The number of rotatable bonds is 10. The second kappa shape index (κ2) is 12.7. The van der Waals surface area contributed by atoms with E-state index in [4.69, 9.17) is 9.47 Å². The minimum atomic E-state index is -0.489. The van der Waals surface area contributed by atoms with E-state index in [1.165, 1.54) is 6.07 Å². The zero-order valence-corrected chi connectivity index (χ0v) is 19.2. The number of halogens is 1. The maximum atomic E-state index is 14.7. The SMILES string of the molecule is C=CC(=O)OCc1cccc(/C=C/c2ccc(/C=C/c3ccccc3COC(=O)C=C)cc2F)c1. The van der Waals surface area contributed by atoms with Gasteiger partial charge in [0, 0.05) is 17.7 Å². The van der Waals surface area contributed by atoms with Crippen molar-refractivity contribution in [2.24, 2.45) is 0 Å². The summed E-state index contributed by atoms with van der Waals surface area (Å²) in [5.74, 6) is -1.33. The Morgan fingerprint density at radius 3 is 2.09 bits per heavy atom. The van der Waals surface area contributed by atoms with Crippen molar-refractivity contribution in [1.82, 2.24) is 0 Å². The molecule has 0 atom stereocenters. The van der Waals surface area contributed by atoms with Crippen molar-refractivity contribution in [3.05, 3.63) is 131 Å². The molecule has 0 spiro atoms. The van der Waals surface area contributed by atoms with Crippen molar-refractivity contribution in [2.75, 3.05) is 0 Å². The van der Waals surface area contributed by atoms with E-state index < -0.39 is 11.9 Å². The van der Waals surface area contributed by atoms with Crippen LogP contribution < -0.4 is 0 Å². The van der Waals surface area contributed by atoms with Gasteiger partial charge in [-0.3, -0.25) is 0 Å². The minimum absolute atomic E-state index is 0.126. The first-order chi connectivity index (χ1) is 17.0. The van der Waals surface area contributed by atoms with Gasteiger partial charge >= 0.3 is 11.9 Å². The highest BCUT2D eigenvalue weighted by atomic mass is 19.1. The average molecular weight is 469 g/mol. The molecule has 0 aromatic heterocycles. The highest BCUT2D eigenvalue weighted by Gasteiger charge is 2.04. The maximum absolute atomic E-state index is 14.7. The number of ether oxygens (including phenoxy) is 2. The summed E-state index contributed by atoms with van der Waals surface area (Å²) >= 11 is 0. The van der Waals surface area contributed by atoms with E-state index in [0.717, 1.165) is 34.4 Å². The smallest absolute Gasteiger partial charge is 0.330 e. The topological polar surface area (TPSA) is 52.6 Å². The lowest BCUT2D eigenvalue weighted by Crippen LogP contribution is -2.01. The van der Waals surface area contributed by atoms with E-state index in [2.05, 4.69) is 13.2 Å². The largest absolute Gasteiger partial charge is 0.458 e. The van der Waals surface area contributed by atoms with Gasteiger partial charge in [-0.1, -0.05) is 92.1 Å². The molecule has 0 aliphatic heterocycles. The third-order valence-electron chi connectivity index (χ3n) is 5.03. The molecule has 3 aromatic rings. The highest BCUT2D eigenvalue weighted by molar-refractivity contribution is 5.81. The van der Waals surface area contributed by atoms with E-state index in [0.29, 0.717) is 11.1 Å². The van der Waals surface area contributed by atoms with Gasteiger partial charge in [0.05, 0.1) is 0 Å². The number of benzene rings is 3. The fraction of sp³-hybridized carbons (Fsp3) is 0.0667. The van der Waals surface area contributed by atoms with Gasteiger partial charge in [-0.25, -0.2) is 14.0 Å². The van der Waals surface area contributed by atoms with Gasteiger partial charge in [0.15, 0.2) is 0 Å². The Hall–Kier alpha value is -4.51. The van der Waals surface area contributed by atoms with Crippen LogP contribution in [0.2, 0.25) is 0 Å². The van der Waals surface area contributed by atoms with Gasteiger partial charge in [-0.05, 0) is 39.9 Å². The van der Waals surface area contributed by atoms with Crippen molar-refractivity contribution in [3.63, 3.8) is 0 Å². The molecular formula is C30H25FO4. The molecule has 0 fully saturated rings. The quantitative estimate of drug-likeness (QED) is 0.191. The number of hydrogen-bond donors (Lipinski definition) is 0. The van der Waals surface area contributed by atoms with E-state index in [-0.39, 0.29) is 19.0 Å². The molecule has 3 aromatic carbocycles. The number of carbonyl (C=O) groups is 2. The molecule has 3 rings (SSSR count). The van der Waals surface area contributed by atoms with Crippen LogP contribution >= 0.6 is 0 Å².